The van der Waals surface area contributed by atoms with E-state index in [0.29, 0.717) is 6.42 Å². The van der Waals surface area contributed by atoms with Crippen LogP contribution >= 0.6 is 0 Å². The zero-order chi connectivity index (χ0) is 6.41. The lowest BCUT2D eigenvalue weighted by Gasteiger charge is -1.82. The molecule has 0 aromatic rings. The summed E-state index contributed by atoms with van der Waals surface area (Å²) < 4.78 is 0. The lowest BCUT2D eigenvalue weighted by atomic mass is 10.3. The predicted molar refractivity (Wildman–Crippen MR) is 30.8 cm³/mol. The molecule has 0 saturated carbocycles. The minimum Gasteiger partial charge on any atom is -0.399 e. The molecule has 0 aromatic carbocycles. The largest absolute Gasteiger partial charge is 0.399 e. The number of rotatable bonds is 3. The minimum atomic E-state index is -0.0214. The number of hydrogen-bond donors (Lipinski definition) is 0. The van der Waals surface area contributed by atoms with Gasteiger partial charge in [-0.15, -0.1) is 0 Å². The van der Waals surface area contributed by atoms with Gasteiger partial charge in [0.1, 0.15) is 13.3 Å². The van der Waals surface area contributed by atoms with Crippen LogP contribution in [0.25, 0.3) is 0 Å². The van der Waals surface area contributed by atoms with Gasteiger partial charge in [-0.1, -0.05) is 12.1 Å². The Labute approximate surface area is 48.3 Å². The summed E-state index contributed by atoms with van der Waals surface area (Å²) >= 11 is 0. The molecule has 0 rings (SSSR count). The number of oxime groups is 1. The Morgan fingerprint density at radius 1 is 1.88 bits per heavy atom. The van der Waals surface area contributed by atoms with Crippen LogP contribution in [-0.4, -0.2) is 19.1 Å². The molecule has 0 aliphatic rings. The van der Waals surface area contributed by atoms with Crippen molar-refractivity contribution in [3.05, 3.63) is 0 Å². The molecule has 3 heteroatoms. The van der Waals surface area contributed by atoms with E-state index < -0.39 is 0 Å². The number of ketones is 1. The first-order valence-electron chi connectivity index (χ1n) is 2.40. The SMILES string of the molecule is CCC(=O)C=NOC. The quantitative estimate of drug-likeness (QED) is 0.399. The Bertz CT molecular complexity index is 98.6. The van der Waals surface area contributed by atoms with Crippen LogP contribution in [0, 0.1) is 0 Å². The van der Waals surface area contributed by atoms with E-state index in [1.54, 1.807) is 6.92 Å². The van der Waals surface area contributed by atoms with Crippen molar-refractivity contribution in [2.24, 2.45) is 5.16 Å². The topological polar surface area (TPSA) is 38.7 Å². The van der Waals surface area contributed by atoms with E-state index >= 15 is 0 Å². The van der Waals surface area contributed by atoms with Crippen molar-refractivity contribution >= 4 is 12.0 Å². The van der Waals surface area contributed by atoms with Crippen molar-refractivity contribution in [3.63, 3.8) is 0 Å². The molecule has 0 bridgehead atoms. The Balaban J connectivity index is 3.37. The average molecular weight is 115 g/mol. The second-order valence-corrected chi connectivity index (χ2v) is 1.24. The van der Waals surface area contributed by atoms with Gasteiger partial charge in [0.25, 0.3) is 0 Å². The van der Waals surface area contributed by atoms with Crippen molar-refractivity contribution in [1.29, 1.82) is 0 Å². The summed E-state index contributed by atoms with van der Waals surface area (Å²) in [5.74, 6) is -0.0214. The Hall–Kier alpha value is -0.860. The van der Waals surface area contributed by atoms with E-state index in [9.17, 15) is 4.79 Å². The Morgan fingerprint density at radius 3 is 2.88 bits per heavy atom. The Morgan fingerprint density at radius 2 is 2.50 bits per heavy atom. The first-order valence-corrected chi connectivity index (χ1v) is 2.40. The average Bonchev–Trinajstić information content (AvgIpc) is 1.83. The molecule has 0 radical (unpaired) electrons. The summed E-state index contributed by atoms with van der Waals surface area (Å²) in [5, 5.41) is 3.27. The highest BCUT2D eigenvalue weighted by molar-refractivity contribution is 6.27. The molecule has 0 unspecified atom stereocenters. The zero-order valence-electron chi connectivity index (χ0n) is 5.05. The molecule has 8 heavy (non-hydrogen) atoms. The maximum absolute atomic E-state index is 10.3. The van der Waals surface area contributed by atoms with Gasteiger partial charge in [0.05, 0.1) is 0 Å². The Kier molecular flexibility index (Phi) is 3.84. The number of Topliss-reactive ketones (excluding diaryl/α,β-unsaturated/α-hetero) is 1. The van der Waals surface area contributed by atoms with Gasteiger partial charge in [-0.3, -0.25) is 4.79 Å². The molecule has 0 amide bonds. The molecule has 0 aliphatic carbocycles. The van der Waals surface area contributed by atoms with E-state index in [1.165, 1.54) is 13.3 Å². The smallest absolute Gasteiger partial charge is 0.176 e. The summed E-state index contributed by atoms with van der Waals surface area (Å²) in [6, 6.07) is 0. The third-order valence-corrected chi connectivity index (χ3v) is 0.651. The van der Waals surface area contributed by atoms with Gasteiger partial charge >= 0.3 is 0 Å². The predicted octanol–water partition coefficient (Wildman–Crippen LogP) is 0.598. The number of carbonyl (C=O) groups is 1. The number of nitrogens with zero attached hydrogens (tertiary/aromatic N) is 1. The summed E-state index contributed by atoms with van der Waals surface area (Å²) in [4.78, 5) is 14.6. The fourth-order valence-electron chi connectivity index (χ4n) is 0.203. The van der Waals surface area contributed by atoms with Gasteiger partial charge in [-0.05, 0) is 0 Å². The van der Waals surface area contributed by atoms with E-state index in [2.05, 4.69) is 9.99 Å². The highest BCUT2D eigenvalue weighted by Crippen LogP contribution is 1.74. The van der Waals surface area contributed by atoms with Crippen molar-refractivity contribution in [2.75, 3.05) is 7.11 Å². The molecule has 0 atom stereocenters. The molecule has 0 saturated heterocycles. The van der Waals surface area contributed by atoms with Gasteiger partial charge < -0.3 is 4.84 Å². The van der Waals surface area contributed by atoms with Crippen LogP contribution in [-0.2, 0) is 9.63 Å². The molecule has 0 aliphatic heterocycles. The zero-order valence-corrected chi connectivity index (χ0v) is 5.05. The highest BCUT2D eigenvalue weighted by Gasteiger charge is 1.87. The maximum atomic E-state index is 10.3. The van der Waals surface area contributed by atoms with Crippen LogP contribution in [0.3, 0.4) is 0 Å². The van der Waals surface area contributed by atoms with E-state index in [4.69, 9.17) is 0 Å². The van der Waals surface area contributed by atoms with Crippen LogP contribution in [0.5, 0.6) is 0 Å². The summed E-state index contributed by atoms with van der Waals surface area (Å²) in [7, 11) is 1.40. The van der Waals surface area contributed by atoms with Gasteiger partial charge in [0, 0.05) is 6.42 Å². The highest BCUT2D eigenvalue weighted by atomic mass is 16.6. The van der Waals surface area contributed by atoms with Crippen LogP contribution in [0.2, 0.25) is 0 Å². The molecule has 0 aromatic heterocycles. The molecule has 0 fully saturated rings. The summed E-state index contributed by atoms with van der Waals surface area (Å²) in [5.41, 5.74) is 0. The molecule has 0 spiro atoms. The van der Waals surface area contributed by atoms with Crippen LogP contribution in [0.4, 0.5) is 0 Å². The van der Waals surface area contributed by atoms with E-state index in [1.807, 2.05) is 0 Å². The third kappa shape index (κ3) is 3.33. The van der Waals surface area contributed by atoms with Gasteiger partial charge in [0.2, 0.25) is 0 Å². The molecular weight excluding hydrogens is 106 g/mol. The molecule has 3 nitrogen and oxygen atoms in total. The lowest BCUT2D eigenvalue weighted by molar-refractivity contribution is -0.112. The molecule has 0 N–H and O–H groups in total. The summed E-state index contributed by atoms with van der Waals surface area (Å²) in [6.45, 7) is 1.77. The van der Waals surface area contributed by atoms with E-state index in [0.717, 1.165) is 0 Å². The van der Waals surface area contributed by atoms with Crippen LogP contribution in [0.15, 0.2) is 5.16 Å². The number of hydrogen-bond acceptors (Lipinski definition) is 3. The van der Waals surface area contributed by atoms with Gasteiger partial charge in [-0.2, -0.15) is 0 Å². The minimum absolute atomic E-state index is 0.0214. The molecule has 46 valence electrons. The normalized spacial score (nSPS) is 9.75. The second-order valence-electron chi connectivity index (χ2n) is 1.24. The van der Waals surface area contributed by atoms with Gasteiger partial charge in [-0.25, -0.2) is 0 Å². The first kappa shape index (κ1) is 7.14. The van der Waals surface area contributed by atoms with Crippen LogP contribution < -0.4 is 0 Å². The molecule has 0 heterocycles. The first-order chi connectivity index (χ1) is 3.81. The summed E-state index contributed by atoms with van der Waals surface area (Å²) in [6.07, 6.45) is 1.65. The van der Waals surface area contributed by atoms with Crippen LogP contribution in [0.1, 0.15) is 13.3 Å². The van der Waals surface area contributed by atoms with E-state index in [-0.39, 0.29) is 5.78 Å². The van der Waals surface area contributed by atoms with Gasteiger partial charge in [0.15, 0.2) is 5.78 Å². The van der Waals surface area contributed by atoms with Crippen molar-refractivity contribution < 1.29 is 9.63 Å². The van der Waals surface area contributed by atoms with Crippen molar-refractivity contribution in [2.45, 2.75) is 13.3 Å². The monoisotopic (exact) mass is 115 g/mol. The maximum Gasteiger partial charge on any atom is 0.176 e. The number of carbonyl (C=O) groups excluding carboxylic acids is 1. The molecular formula is C5H9NO2. The second kappa shape index (κ2) is 4.30. The van der Waals surface area contributed by atoms with Crippen molar-refractivity contribution in [3.8, 4) is 0 Å². The standard InChI is InChI=1S/C5H9NO2/c1-3-5(7)4-6-8-2/h4H,3H2,1-2H3. The fraction of sp³-hybridized carbons (Fsp3) is 0.600. The fourth-order valence-corrected chi connectivity index (χ4v) is 0.203. The van der Waals surface area contributed by atoms with Crippen molar-refractivity contribution in [1.82, 2.24) is 0 Å². The third-order valence-electron chi connectivity index (χ3n) is 0.651. The lowest BCUT2D eigenvalue weighted by Crippen LogP contribution is -1.95.